The van der Waals surface area contributed by atoms with E-state index in [1.165, 1.54) is 0 Å². The van der Waals surface area contributed by atoms with Gasteiger partial charge in [0.15, 0.2) is 0 Å². The maximum absolute atomic E-state index is 10.2. The highest BCUT2D eigenvalue weighted by molar-refractivity contribution is 5.22. The SMILES string of the molecule is CCCC[C@](O)(CO)c1ccccc1. The average molecular weight is 194 g/mol. The van der Waals surface area contributed by atoms with E-state index in [9.17, 15) is 10.2 Å². The second-order valence-electron chi connectivity index (χ2n) is 3.66. The van der Waals surface area contributed by atoms with Gasteiger partial charge in [0, 0.05) is 0 Å². The van der Waals surface area contributed by atoms with Crippen LogP contribution in [0.5, 0.6) is 0 Å². The predicted molar refractivity (Wildman–Crippen MR) is 56.9 cm³/mol. The first-order chi connectivity index (χ1) is 6.73. The topological polar surface area (TPSA) is 40.5 Å². The van der Waals surface area contributed by atoms with E-state index in [0.717, 1.165) is 18.4 Å². The Balaban J connectivity index is 2.79. The maximum atomic E-state index is 10.2. The van der Waals surface area contributed by atoms with Crippen molar-refractivity contribution in [3.63, 3.8) is 0 Å². The summed E-state index contributed by atoms with van der Waals surface area (Å²) < 4.78 is 0. The zero-order valence-corrected chi connectivity index (χ0v) is 8.61. The van der Waals surface area contributed by atoms with E-state index in [4.69, 9.17) is 0 Å². The van der Waals surface area contributed by atoms with Gasteiger partial charge in [-0.3, -0.25) is 0 Å². The highest BCUT2D eigenvalue weighted by Crippen LogP contribution is 2.26. The molecule has 1 aromatic carbocycles. The summed E-state index contributed by atoms with van der Waals surface area (Å²) in [6.45, 7) is 1.86. The molecule has 1 aromatic rings. The quantitative estimate of drug-likeness (QED) is 0.753. The van der Waals surface area contributed by atoms with Gasteiger partial charge >= 0.3 is 0 Å². The highest BCUT2D eigenvalue weighted by atomic mass is 16.3. The third kappa shape index (κ3) is 2.56. The molecular weight excluding hydrogens is 176 g/mol. The van der Waals surface area contributed by atoms with E-state index >= 15 is 0 Å². The van der Waals surface area contributed by atoms with Crippen LogP contribution in [0.15, 0.2) is 30.3 Å². The van der Waals surface area contributed by atoms with Crippen molar-refractivity contribution in [2.24, 2.45) is 0 Å². The molecule has 14 heavy (non-hydrogen) atoms. The third-order valence-electron chi connectivity index (χ3n) is 2.52. The Hall–Kier alpha value is -0.860. The van der Waals surface area contributed by atoms with Crippen molar-refractivity contribution in [3.05, 3.63) is 35.9 Å². The van der Waals surface area contributed by atoms with E-state index in [-0.39, 0.29) is 6.61 Å². The fourth-order valence-electron chi connectivity index (χ4n) is 1.53. The second-order valence-corrected chi connectivity index (χ2v) is 3.66. The minimum absolute atomic E-state index is 0.211. The van der Waals surface area contributed by atoms with Crippen LogP contribution in [0, 0.1) is 0 Å². The molecule has 2 N–H and O–H groups in total. The van der Waals surface area contributed by atoms with Gasteiger partial charge in [-0.25, -0.2) is 0 Å². The lowest BCUT2D eigenvalue weighted by Crippen LogP contribution is -2.30. The molecule has 0 aromatic heterocycles. The van der Waals surface area contributed by atoms with Gasteiger partial charge in [0.25, 0.3) is 0 Å². The molecule has 0 amide bonds. The Morgan fingerprint density at radius 1 is 1.21 bits per heavy atom. The summed E-state index contributed by atoms with van der Waals surface area (Å²) in [7, 11) is 0. The van der Waals surface area contributed by atoms with E-state index in [1.54, 1.807) is 0 Å². The number of rotatable bonds is 5. The van der Waals surface area contributed by atoms with Gasteiger partial charge in [0.2, 0.25) is 0 Å². The summed E-state index contributed by atoms with van der Waals surface area (Å²) >= 11 is 0. The standard InChI is InChI=1S/C12H18O2/c1-2-3-9-12(14,10-13)11-7-5-4-6-8-11/h4-8,13-14H,2-3,9-10H2,1H3/t12-/m0/s1. The van der Waals surface area contributed by atoms with E-state index in [1.807, 2.05) is 30.3 Å². The van der Waals surface area contributed by atoms with Gasteiger partial charge < -0.3 is 10.2 Å². The summed E-state index contributed by atoms with van der Waals surface area (Å²) in [6.07, 6.45) is 2.56. The van der Waals surface area contributed by atoms with Gasteiger partial charge in [-0.05, 0) is 12.0 Å². The number of benzene rings is 1. The molecule has 0 unspecified atom stereocenters. The minimum atomic E-state index is -1.06. The Morgan fingerprint density at radius 2 is 1.86 bits per heavy atom. The number of hydrogen-bond donors (Lipinski definition) is 2. The van der Waals surface area contributed by atoms with Gasteiger partial charge in [-0.15, -0.1) is 0 Å². The first kappa shape index (κ1) is 11.2. The number of aliphatic hydroxyl groups is 2. The first-order valence-corrected chi connectivity index (χ1v) is 5.11. The molecule has 78 valence electrons. The normalized spacial score (nSPS) is 15.1. The Bertz CT molecular complexity index is 258. The van der Waals surface area contributed by atoms with Crippen LogP contribution in [-0.4, -0.2) is 16.8 Å². The predicted octanol–water partition coefficient (Wildman–Crippen LogP) is 2.06. The molecule has 0 aliphatic heterocycles. The van der Waals surface area contributed by atoms with E-state index in [2.05, 4.69) is 6.92 Å². The molecular formula is C12H18O2. The molecule has 0 aliphatic rings. The largest absolute Gasteiger partial charge is 0.393 e. The Morgan fingerprint density at radius 3 is 2.36 bits per heavy atom. The number of unbranched alkanes of at least 4 members (excludes halogenated alkanes) is 1. The first-order valence-electron chi connectivity index (χ1n) is 5.11. The van der Waals surface area contributed by atoms with Crippen molar-refractivity contribution in [3.8, 4) is 0 Å². The van der Waals surface area contributed by atoms with Crippen LogP contribution < -0.4 is 0 Å². The molecule has 1 atom stereocenters. The molecule has 2 heteroatoms. The van der Waals surface area contributed by atoms with Crippen molar-refractivity contribution in [1.82, 2.24) is 0 Å². The van der Waals surface area contributed by atoms with E-state index < -0.39 is 5.60 Å². The fourth-order valence-corrected chi connectivity index (χ4v) is 1.53. The van der Waals surface area contributed by atoms with Gasteiger partial charge in [0.05, 0.1) is 6.61 Å². The van der Waals surface area contributed by atoms with Crippen LogP contribution in [0.1, 0.15) is 31.7 Å². The second kappa shape index (κ2) is 5.13. The molecule has 1 rings (SSSR count). The molecule has 0 saturated heterocycles. The molecule has 0 aliphatic carbocycles. The molecule has 0 fully saturated rings. The summed E-state index contributed by atoms with van der Waals surface area (Å²) in [5.41, 5.74) is -0.256. The van der Waals surface area contributed by atoms with Crippen LogP contribution >= 0.6 is 0 Å². The lowest BCUT2D eigenvalue weighted by atomic mass is 9.89. The maximum Gasteiger partial charge on any atom is 0.113 e. The van der Waals surface area contributed by atoms with Crippen LogP contribution in [-0.2, 0) is 5.60 Å². The van der Waals surface area contributed by atoms with Crippen molar-refractivity contribution in [2.45, 2.75) is 31.8 Å². The monoisotopic (exact) mass is 194 g/mol. The fraction of sp³-hybridized carbons (Fsp3) is 0.500. The Kier molecular flexibility index (Phi) is 4.11. The molecule has 0 radical (unpaired) electrons. The van der Waals surface area contributed by atoms with Gasteiger partial charge in [-0.2, -0.15) is 0 Å². The van der Waals surface area contributed by atoms with Crippen LogP contribution in [0.3, 0.4) is 0 Å². The van der Waals surface area contributed by atoms with Crippen molar-refractivity contribution in [2.75, 3.05) is 6.61 Å². The zero-order chi connectivity index (χ0) is 10.4. The van der Waals surface area contributed by atoms with Gasteiger partial charge in [-0.1, -0.05) is 50.1 Å². The molecule has 2 nitrogen and oxygen atoms in total. The summed E-state index contributed by atoms with van der Waals surface area (Å²) in [4.78, 5) is 0. The summed E-state index contributed by atoms with van der Waals surface area (Å²) in [5.74, 6) is 0. The van der Waals surface area contributed by atoms with Crippen LogP contribution in [0.2, 0.25) is 0 Å². The highest BCUT2D eigenvalue weighted by Gasteiger charge is 2.26. The minimum Gasteiger partial charge on any atom is -0.393 e. The third-order valence-corrected chi connectivity index (χ3v) is 2.52. The summed E-state index contributed by atoms with van der Waals surface area (Å²) in [5, 5.41) is 19.4. The lowest BCUT2D eigenvalue weighted by Gasteiger charge is -2.26. The van der Waals surface area contributed by atoms with Gasteiger partial charge in [0.1, 0.15) is 5.60 Å². The van der Waals surface area contributed by atoms with Crippen LogP contribution in [0.25, 0.3) is 0 Å². The summed E-state index contributed by atoms with van der Waals surface area (Å²) in [6, 6.07) is 9.36. The van der Waals surface area contributed by atoms with Crippen molar-refractivity contribution < 1.29 is 10.2 Å². The Labute approximate surface area is 85.2 Å². The average Bonchev–Trinajstić information content (AvgIpc) is 2.27. The van der Waals surface area contributed by atoms with E-state index in [0.29, 0.717) is 6.42 Å². The van der Waals surface area contributed by atoms with Crippen LogP contribution in [0.4, 0.5) is 0 Å². The molecule has 0 saturated carbocycles. The smallest absolute Gasteiger partial charge is 0.113 e. The molecule has 0 bridgehead atoms. The number of hydrogen-bond acceptors (Lipinski definition) is 2. The lowest BCUT2D eigenvalue weighted by molar-refractivity contribution is -0.0277. The van der Waals surface area contributed by atoms with Crippen molar-refractivity contribution in [1.29, 1.82) is 0 Å². The van der Waals surface area contributed by atoms with Crippen molar-refractivity contribution >= 4 is 0 Å². The molecule has 0 heterocycles. The number of aliphatic hydroxyl groups excluding tert-OH is 1. The zero-order valence-electron chi connectivity index (χ0n) is 8.61. The molecule has 0 spiro atoms.